The molecule has 8 heteroatoms. The van der Waals surface area contributed by atoms with Crippen LogP contribution in [0.1, 0.15) is 23.6 Å². The molecule has 1 aliphatic rings. The van der Waals surface area contributed by atoms with Crippen molar-refractivity contribution in [3.63, 3.8) is 0 Å². The van der Waals surface area contributed by atoms with Crippen LogP contribution in [-0.2, 0) is 15.1 Å². The van der Waals surface area contributed by atoms with Crippen molar-refractivity contribution in [3.05, 3.63) is 83.4 Å². The number of amides is 4. The summed E-state index contributed by atoms with van der Waals surface area (Å²) in [4.78, 5) is 41.5. The molecule has 4 rings (SSSR count). The van der Waals surface area contributed by atoms with Crippen LogP contribution in [0.5, 0.6) is 5.75 Å². The maximum Gasteiger partial charge on any atom is 0.325 e. The molecular formula is C27H27N3O4S. The average molecular weight is 490 g/mol. The summed E-state index contributed by atoms with van der Waals surface area (Å²) in [6.45, 7) is 5.38. The van der Waals surface area contributed by atoms with Gasteiger partial charge in [-0.15, -0.1) is 0 Å². The fourth-order valence-corrected chi connectivity index (χ4v) is 4.84. The van der Waals surface area contributed by atoms with Gasteiger partial charge in [-0.3, -0.25) is 14.5 Å². The minimum Gasteiger partial charge on any atom is -0.497 e. The molecule has 0 bridgehead atoms. The molecule has 0 radical (unpaired) electrons. The second-order valence-corrected chi connectivity index (χ2v) is 9.74. The summed E-state index contributed by atoms with van der Waals surface area (Å²) in [7, 11) is 1.53. The van der Waals surface area contributed by atoms with Crippen LogP contribution in [0.25, 0.3) is 0 Å². The van der Waals surface area contributed by atoms with Gasteiger partial charge in [0.1, 0.15) is 17.8 Å². The van der Waals surface area contributed by atoms with Gasteiger partial charge >= 0.3 is 6.03 Å². The van der Waals surface area contributed by atoms with Gasteiger partial charge in [-0.1, -0.05) is 41.6 Å². The maximum absolute atomic E-state index is 13.1. The van der Waals surface area contributed by atoms with Crippen molar-refractivity contribution in [2.24, 2.45) is 0 Å². The predicted octanol–water partition coefficient (Wildman–Crippen LogP) is 4.87. The van der Waals surface area contributed by atoms with E-state index in [1.54, 1.807) is 55.1 Å². The number of nitrogens with one attached hydrogen (secondary N) is 2. The summed E-state index contributed by atoms with van der Waals surface area (Å²) in [5, 5.41) is 5.47. The Balaban J connectivity index is 1.40. The van der Waals surface area contributed by atoms with E-state index in [0.717, 1.165) is 9.80 Å². The zero-order valence-electron chi connectivity index (χ0n) is 20.0. The van der Waals surface area contributed by atoms with E-state index in [1.807, 2.05) is 12.1 Å². The maximum atomic E-state index is 13.1. The SMILES string of the molecule is COc1cccc([C@@]2(C)NC(=O)N(CC(=O)Nc3ccc(Sc4ccc(C)cc4C)cc3)C2=O)c1. The standard InChI is InChI=1S/C27H27N3O4S/c1-17-8-13-23(18(2)14-17)35-22-11-9-20(10-12-22)28-24(31)16-30-25(32)27(3,29-26(30)33)19-6-5-7-21(15-19)34-4/h5-15H,16H2,1-4H3,(H,28,31)(H,29,33)/t27-/m1/s1. The summed E-state index contributed by atoms with van der Waals surface area (Å²) in [5.41, 5.74) is 2.32. The van der Waals surface area contributed by atoms with Gasteiger partial charge in [0.2, 0.25) is 5.91 Å². The lowest BCUT2D eigenvalue weighted by atomic mass is 9.92. The Hall–Kier alpha value is -3.78. The summed E-state index contributed by atoms with van der Waals surface area (Å²) < 4.78 is 5.23. The first-order valence-electron chi connectivity index (χ1n) is 11.1. The quantitative estimate of drug-likeness (QED) is 0.463. The number of carbonyl (C=O) groups excluding carboxylic acids is 3. The molecule has 0 unspecified atom stereocenters. The molecule has 0 aliphatic carbocycles. The van der Waals surface area contributed by atoms with E-state index in [-0.39, 0.29) is 6.54 Å². The highest BCUT2D eigenvalue weighted by Crippen LogP contribution is 2.32. The van der Waals surface area contributed by atoms with Crippen molar-refractivity contribution in [2.75, 3.05) is 19.0 Å². The van der Waals surface area contributed by atoms with Crippen LogP contribution in [0.4, 0.5) is 10.5 Å². The number of ether oxygens (including phenoxy) is 1. The number of hydrogen-bond acceptors (Lipinski definition) is 5. The Bertz CT molecular complexity index is 1290. The highest BCUT2D eigenvalue weighted by atomic mass is 32.2. The number of urea groups is 1. The number of anilines is 1. The monoisotopic (exact) mass is 489 g/mol. The van der Waals surface area contributed by atoms with Crippen molar-refractivity contribution in [3.8, 4) is 5.75 Å². The molecule has 3 aromatic carbocycles. The molecular weight excluding hydrogens is 462 g/mol. The van der Waals surface area contributed by atoms with Gasteiger partial charge in [0.05, 0.1) is 7.11 Å². The molecule has 4 amide bonds. The predicted molar refractivity (Wildman–Crippen MR) is 136 cm³/mol. The summed E-state index contributed by atoms with van der Waals surface area (Å²) in [6, 6.07) is 20.1. The van der Waals surface area contributed by atoms with Crippen LogP contribution in [-0.4, -0.2) is 36.4 Å². The van der Waals surface area contributed by atoms with E-state index in [1.165, 1.54) is 23.1 Å². The fraction of sp³-hybridized carbons (Fsp3) is 0.222. The molecule has 1 saturated heterocycles. The Morgan fingerprint density at radius 1 is 1.06 bits per heavy atom. The second kappa shape index (κ2) is 9.84. The van der Waals surface area contributed by atoms with Crippen LogP contribution in [0.15, 0.2) is 76.5 Å². The molecule has 2 N–H and O–H groups in total. The molecule has 0 spiro atoms. The third kappa shape index (κ3) is 5.17. The van der Waals surface area contributed by atoms with E-state index in [0.29, 0.717) is 17.0 Å². The molecule has 1 fully saturated rings. The van der Waals surface area contributed by atoms with Crippen molar-refractivity contribution in [1.29, 1.82) is 0 Å². The number of nitrogens with zero attached hydrogens (tertiary/aromatic N) is 1. The van der Waals surface area contributed by atoms with E-state index >= 15 is 0 Å². The van der Waals surface area contributed by atoms with Crippen molar-refractivity contribution < 1.29 is 19.1 Å². The zero-order chi connectivity index (χ0) is 25.2. The van der Waals surface area contributed by atoms with Crippen LogP contribution in [0, 0.1) is 13.8 Å². The molecule has 1 heterocycles. The van der Waals surface area contributed by atoms with Gasteiger partial charge in [-0.25, -0.2) is 4.79 Å². The van der Waals surface area contributed by atoms with Gasteiger partial charge in [-0.05, 0) is 74.4 Å². The molecule has 3 aromatic rings. The Morgan fingerprint density at radius 2 is 1.80 bits per heavy atom. The van der Waals surface area contributed by atoms with Crippen molar-refractivity contribution in [2.45, 2.75) is 36.1 Å². The largest absolute Gasteiger partial charge is 0.497 e. The van der Waals surface area contributed by atoms with Crippen molar-refractivity contribution in [1.82, 2.24) is 10.2 Å². The van der Waals surface area contributed by atoms with E-state index in [9.17, 15) is 14.4 Å². The molecule has 35 heavy (non-hydrogen) atoms. The van der Waals surface area contributed by atoms with Gasteiger partial charge in [0.25, 0.3) is 5.91 Å². The minimum absolute atomic E-state index is 0.386. The summed E-state index contributed by atoms with van der Waals surface area (Å²) >= 11 is 1.65. The number of methoxy groups -OCH3 is 1. The Morgan fingerprint density at radius 3 is 2.49 bits per heavy atom. The minimum atomic E-state index is -1.28. The molecule has 180 valence electrons. The van der Waals surface area contributed by atoms with Crippen LogP contribution < -0.4 is 15.4 Å². The lowest BCUT2D eigenvalue weighted by Crippen LogP contribution is -2.42. The molecule has 7 nitrogen and oxygen atoms in total. The van der Waals surface area contributed by atoms with Crippen LogP contribution >= 0.6 is 11.8 Å². The van der Waals surface area contributed by atoms with Crippen LogP contribution in [0.2, 0.25) is 0 Å². The van der Waals surface area contributed by atoms with Gasteiger partial charge in [0.15, 0.2) is 0 Å². The first-order valence-corrected chi connectivity index (χ1v) is 11.9. The lowest BCUT2D eigenvalue weighted by Gasteiger charge is -2.22. The number of carbonyl (C=O) groups is 3. The molecule has 1 atom stereocenters. The summed E-state index contributed by atoms with van der Waals surface area (Å²) in [5.74, 6) is -0.384. The zero-order valence-corrected chi connectivity index (χ0v) is 20.9. The Kier molecular flexibility index (Phi) is 6.84. The number of aryl methyl sites for hydroxylation is 2. The number of hydrogen-bond donors (Lipinski definition) is 2. The summed E-state index contributed by atoms with van der Waals surface area (Å²) in [6.07, 6.45) is 0. The lowest BCUT2D eigenvalue weighted by molar-refractivity contribution is -0.133. The number of benzene rings is 3. The third-order valence-electron chi connectivity index (χ3n) is 5.92. The first-order chi connectivity index (χ1) is 16.7. The van der Waals surface area contributed by atoms with Gasteiger partial charge in [0, 0.05) is 15.5 Å². The molecule has 1 aliphatic heterocycles. The van der Waals surface area contributed by atoms with E-state index < -0.39 is 23.4 Å². The first kappa shape index (κ1) is 24.3. The van der Waals surface area contributed by atoms with Crippen molar-refractivity contribution >= 4 is 35.3 Å². The number of rotatable bonds is 7. The van der Waals surface area contributed by atoms with Crippen LogP contribution in [0.3, 0.4) is 0 Å². The highest BCUT2D eigenvalue weighted by molar-refractivity contribution is 7.99. The van der Waals surface area contributed by atoms with Gasteiger partial charge in [-0.2, -0.15) is 0 Å². The molecule has 0 saturated carbocycles. The van der Waals surface area contributed by atoms with Gasteiger partial charge < -0.3 is 15.4 Å². The Labute approximate surface area is 208 Å². The highest BCUT2D eigenvalue weighted by Gasteiger charge is 2.49. The van der Waals surface area contributed by atoms with E-state index in [4.69, 9.17) is 4.74 Å². The second-order valence-electron chi connectivity index (χ2n) is 8.62. The smallest absolute Gasteiger partial charge is 0.325 e. The normalized spacial score (nSPS) is 17.3. The topological polar surface area (TPSA) is 87.7 Å². The van der Waals surface area contributed by atoms with E-state index in [2.05, 4.69) is 42.7 Å². The average Bonchev–Trinajstić information content (AvgIpc) is 3.06. The molecule has 0 aromatic heterocycles. The fourth-order valence-electron chi connectivity index (χ4n) is 3.96. The third-order valence-corrected chi connectivity index (χ3v) is 7.11. The number of imide groups is 1.